The molecule has 0 radical (unpaired) electrons. The van der Waals surface area contributed by atoms with Crippen molar-refractivity contribution in [2.75, 3.05) is 31.2 Å². The SMILES string of the molecule is CCOC(=O)c1ccc(NC(C)C(=O)N(C)CC)c(N)c1. The first kappa shape index (κ1) is 16.8. The topological polar surface area (TPSA) is 84.7 Å². The Labute approximate surface area is 125 Å². The molecule has 6 heteroatoms. The number of anilines is 2. The minimum atomic E-state index is -0.411. The molecule has 6 nitrogen and oxygen atoms in total. The molecule has 0 aromatic heterocycles. The third-order valence-corrected chi connectivity index (χ3v) is 3.16. The summed E-state index contributed by atoms with van der Waals surface area (Å²) < 4.78 is 4.91. The number of amides is 1. The molecule has 0 saturated carbocycles. The van der Waals surface area contributed by atoms with Crippen LogP contribution in [0.4, 0.5) is 11.4 Å². The molecule has 1 atom stereocenters. The number of hydrogen-bond donors (Lipinski definition) is 2. The van der Waals surface area contributed by atoms with Crippen LogP contribution >= 0.6 is 0 Å². The van der Waals surface area contributed by atoms with Crippen LogP contribution in [0.15, 0.2) is 18.2 Å². The van der Waals surface area contributed by atoms with Crippen LogP contribution < -0.4 is 11.1 Å². The predicted octanol–water partition coefficient (Wildman–Crippen LogP) is 1.72. The molecule has 0 aliphatic heterocycles. The van der Waals surface area contributed by atoms with Gasteiger partial charge in [-0.25, -0.2) is 4.79 Å². The molecular weight excluding hydrogens is 270 g/mol. The number of nitrogens with zero attached hydrogens (tertiary/aromatic N) is 1. The molecule has 0 fully saturated rings. The normalized spacial score (nSPS) is 11.6. The van der Waals surface area contributed by atoms with Crippen LogP contribution in [0.25, 0.3) is 0 Å². The van der Waals surface area contributed by atoms with Gasteiger partial charge in [-0.2, -0.15) is 0 Å². The average Bonchev–Trinajstić information content (AvgIpc) is 2.47. The van der Waals surface area contributed by atoms with Gasteiger partial charge in [-0.05, 0) is 39.0 Å². The van der Waals surface area contributed by atoms with Crippen LogP contribution in [0.2, 0.25) is 0 Å². The van der Waals surface area contributed by atoms with Crippen LogP contribution in [0, 0.1) is 0 Å². The first-order valence-corrected chi connectivity index (χ1v) is 6.98. The quantitative estimate of drug-likeness (QED) is 0.616. The Kier molecular flexibility index (Phi) is 6.02. The van der Waals surface area contributed by atoms with Gasteiger partial charge in [-0.1, -0.05) is 0 Å². The molecule has 1 unspecified atom stereocenters. The van der Waals surface area contributed by atoms with Crippen molar-refractivity contribution in [1.29, 1.82) is 0 Å². The predicted molar refractivity (Wildman–Crippen MR) is 83.2 cm³/mol. The second-order valence-electron chi connectivity index (χ2n) is 4.74. The molecule has 0 aliphatic rings. The lowest BCUT2D eigenvalue weighted by Gasteiger charge is -2.22. The van der Waals surface area contributed by atoms with Gasteiger partial charge in [0, 0.05) is 13.6 Å². The Morgan fingerprint density at radius 2 is 2.05 bits per heavy atom. The summed E-state index contributed by atoms with van der Waals surface area (Å²) >= 11 is 0. The molecule has 1 aromatic rings. The number of likely N-dealkylation sites (N-methyl/N-ethyl adjacent to an activating group) is 1. The van der Waals surface area contributed by atoms with Crippen LogP contribution in [-0.4, -0.2) is 43.0 Å². The number of esters is 1. The number of rotatable bonds is 6. The highest BCUT2D eigenvalue weighted by atomic mass is 16.5. The fourth-order valence-corrected chi connectivity index (χ4v) is 1.82. The first-order valence-electron chi connectivity index (χ1n) is 6.98. The Balaban J connectivity index is 2.81. The van der Waals surface area contributed by atoms with Gasteiger partial charge in [-0.3, -0.25) is 4.79 Å². The summed E-state index contributed by atoms with van der Waals surface area (Å²) in [5.41, 5.74) is 7.33. The lowest BCUT2D eigenvalue weighted by atomic mass is 10.1. The maximum atomic E-state index is 12.0. The lowest BCUT2D eigenvalue weighted by Crippen LogP contribution is -2.38. The summed E-state index contributed by atoms with van der Waals surface area (Å²) in [6.07, 6.45) is 0. The number of carbonyl (C=O) groups excluding carboxylic acids is 2. The van der Waals surface area contributed by atoms with E-state index in [4.69, 9.17) is 10.5 Å². The van der Waals surface area contributed by atoms with E-state index in [0.29, 0.717) is 30.1 Å². The molecule has 3 N–H and O–H groups in total. The highest BCUT2D eigenvalue weighted by molar-refractivity contribution is 5.92. The van der Waals surface area contributed by atoms with Crippen molar-refractivity contribution in [3.05, 3.63) is 23.8 Å². The molecule has 0 saturated heterocycles. The number of nitrogens with one attached hydrogen (secondary N) is 1. The summed E-state index contributed by atoms with van der Waals surface area (Å²) in [6.45, 7) is 6.38. The van der Waals surface area contributed by atoms with E-state index in [2.05, 4.69) is 5.32 Å². The van der Waals surface area contributed by atoms with Crippen LogP contribution in [0.3, 0.4) is 0 Å². The fourth-order valence-electron chi connectivity index (χ4n) is 1.82. The lowest BCUT2D eigenvalue weighted by molar-refractivity contribution is -0.130. The number of nitrogens with two attached hydrogens (primary N) is 1. The third-order valence-electron chi connectivity index (χ3n) is 3.16. The Morgan fingerprint density at radius 1 is 1.38 bits per heavy atom. The zero-order valence-electron chi connectivity index (χ0n) is 13.0. The number of hydrogen-bond acceptors (Lipinski definition) is 5. The molecule has 0 aliphatic carbocycles. The molecular formula is C15H23N3O3. The smallest absolute Gasteiger partial charge is 0.338 e. The van der Waals surface area contributed by atoms with Gasteiger partial charge in [0.1, 0.15) is 6.04 Å². The molecule has 1 rings (SSSR count). The second-order valence-corrected chi connectivity index (χ2v) is 4.74. The summed E-state index contributed by atoms with van der Waals surface area (Å²) in [4.78, 5) is 25.2. The summed E-state index contributed by atoms with van der Waals surface area (Å²) in [5, 5.41) is 3.05. The van der Waals surface area contributed by atoms with Gasteiger partial charge in [-0.15, -0.1) is 0 Å². The minimum Gasteiger partial charge on any atom is -0.462 e. The first-order chi connectivity index (χ1) is 9.90. The van der Waals surface area contributed by atoms with E-state index >= 15 is 0 Å². The number of benzene rings is 1. The van der Waals surface area contributed by atoms with Gasteiger partial charge >= 0.3 is 5.97 Å². The third kappa shape index (κ3) is 4.37. The number of nitrogen functional groups attached to an aromatic ring is 1. The van der Waals surface area contributed by atoms with Crippen LogP contribution in [0.1, 0.15) is 31.1 Å². The summed E-state index contributed by atoms with van der Waals surface area (Å²) in [5.74, 6) is -0.433. The Hall–Kier alpha value is -2.24. The Bertz CT molecular complexity index is 517. The molecule has 1 amide bonds. The second kappa shape index (κ2) is 7.52. The summed E-state index contributed by atoms with van der Waals surface area (Å²) in [7, 11) is 1.74. The van der Waals surface area contributed by atoms with Crippen molar-refractivity contribution in [2.45, 2.75) is 26.8 Å². The Morgan fingerprint density at radius 3 is 2.57 bits per heavy atom. The zero-order chi connectivity index (χ0) is 16.0. The van der Waals surface area contributed by atoms with Crippen LogP contribution in [-0.2, 0) is 9.53 Å². The van der Waals surface area contributed by atoms with Gasteiger partial charge in [0.2, 0.25) is 5.91 Å². The number of ether oxygens (including phenoxy) is 1. The van der Waals surface area contributed by atoms with E-state index in [1.165, 1.54) is 0 Å². The average molecular weight is 293 g/mol. The maximum Gasteiger partial charge on any atom is 0.338 e. The molecule has 116 valence electrons. The monoisotopic (exact) mass is 293 g/mol. The van der Waals surface area contributed by atoms with Crippen molar-refractivity contribution in [3.63, 3.8) is 0 Å². The molecule has 0 bridgehead atoms. The molecule has 0 heterocycles. The minimum absolute atomic E-state index is 0.0219. The number of carbonyl (C=O) groups is 2. The van der Waals surface area contributed by atoms with E-state index in [-0.39, 0.29) is 5.91 Å². The van der Waals surface area contributed by atoms with Gasteiger partial charge in [0.25, 0.3) is 0 Å². The van der Waals surface area contributed by atoms with Crippen molar-refractivity contribution in [1.82, 2.24) is 4.90 Å². The fraction of sp³-hybridized carbons (Fsp3) is 0.467. The van der Waals surface area contributed by atoms with Gasteiger partial charge in [0.15, 0.2) is 0 Å². The molecule has 21 heavy (non-hydrogen) atoms. The van der Waals surface area contributed by atoms with Crippen molar-refractivity contribution in [2.24, 2.45) is 0 Å². The highest BCUT2D eigenvalue weighted by Crippen LogP contribution is 2.21. The van der Waals surface area contributed by atoms with Crippen molar-refractivity contribution < 1.29 is 14.3 Å². The standard InChI is InChI=1S/C15H23N3O3/c1-5-18(4)14(19)10(3)17-13-8-7-11(9-12(13)16)15(20)21-6-2/h7-10,17H,5-6,16H2,1-4H3. The maximum absolute atomic E-state index is 12.0. The van der Waals surface area contributed by atoms with Gasteiger partial charge < -0.3 is 20.7 Å². The van der Waals surface area contributed by atoms with E-state index in [1.54, 1.807) is 44.0 Å². The van der Waals surface area contributed by atoms with Crippen molar-refractivity contribution in [3.8, 4) is 0 Å². The van der Waals surface area contributed by atoms with Crippen molar-refractivity contribution >= 4 is 23.3 Å². The van der Waals surface area contributed by atoms with E-state index in [1.807, 2.05) is 6.92 Å². The van der Waals surface area contributed by atoms with E-state index in [0.717, 1.165) is 0 Å². The van der Waals surface area contributed by atoms with Crippen LogP contribution in [0.5, 0.6) is 0 Å². The highest BCUT2D eigenvalue weighted by Gasteiger charge is 2.17. The largest absolute Gasteiger partial charge is 0.462 e. The van der Waals surface area contributed by atoms with E-state index in [9.17, 15) is 9.59 Å². The zero-order valence-corrected chi connectivity index (χ0v) is 13.0. The molecule has 0 spiro atoms. The summed E-state index contributed by atoms with van der Waals surface area (Å²) in [6, 6.07) is 4.45. The van der Waals surface area contributed by atoms with E-state index < -0.39 is 12.0 Å². The molecule has 1 aromatic carbocycles. The van der Waals surface area contributed by atoms with Gasteiger partial charge in [0.05, 0.1) is 23.5 Å².